The van der Waals surface area contributed by atoms with Crippen molar-refractivity contribution in [3.63, 3.8) is 0 Å². The maximum atomic E-state index is 9.19. The van der Waals surface area contributed by atoms with E-state index in [-0.39, 0.29) is 0 Å². The summed E-state index contributed by atoms with van der Waals surface area (Å²) in [5, 5.41) is 0. The minimum absolute atomic E-state index is 0.715. The molecule has 0 atom stereocenters. The van der Waals surface area contributed by atoms with Crippen molar-refractivity contribution in [1.82, 2.24) is 0 Å². The Labute approximate surface area is 127 Å². The van der Waals surface area contributed by atoms with Crippen molar-refractivity contribution in [2.75, 3.05) is 31.8 Å². The summed E-state index contributed by atoms with van der Waals surface area (Å²) in [5.74, 6) is 0.888. The van der Waals surface area contributed by atoms with E-state index in [0.717, 1.165) is 50.5 Å². The molecular formula is C14H25NO5S. The van der Waals surface area contributed by atoms with Gasteiger partial charge in [-0.3, -0.25) is 4.55 Å². The summed E-state index contributed by atoms with van der Waals surface area (Å²) in [6.45, 7) is 4.45. The SMILES string of the molecule is CCOCCCCCOc1ccc(N)cc1.CS(=O)(=O)O. The second-order valence-corrected chi connectivity index (χ2v) is 5.87. The Morgan fingerprint density at radius 1 is 1.10 bits per heavy atom. The summed E-state index contributed by atoms with van der Waals surface area (Å²) in [6.07, 6.45) is 4.04. The lowest BCUT2D eigenvalue weighted by Crippen LogP contribution is -1.99. The Hall–Kier alpha value is -1.31. The zero-order chi connectivity index (χ0) is 16.1. The van der Waals surface area contributed by atoms with Gasteiger partial charge in [0.25, 0.3) is 10.1 Å². The maximum absolute atomic E-state index is 9.19. The minimum atomic E-state index is -3.67. The smallest absolute Gasteiger partial charge is 0.261 e. The molecule has 0 aliphatic rings. The van der Waals surface area contributed by atoms with E-state index in [1.165, 1.54) is 0 Å². The molecule has 1 rings (SSSR count). The van der Waals surface area contributed by atoms with E-state index in [1.807, 2.05) is 31.2 Å². The van der Waals surface area contributed by atoms with E-state index in [2.05, 4.69) is 0 Å². The highest BCUT2D eigenvalue weighted by molar-refractivity contribution is 7.85. The second kappa shape index (κ2) is 11.4. The summed E-state index contributed by atoms with van der Waals surface area (Å²) in [7, 11) is -3.67. The molecule has 0 saturated carbocycles. The van der Waals surface area contributed by atoms with Crippen LogP contribution in [0.3, 0.4) is 0 Å². The first-order chi connectivity index (χ1) is 9.83. The van der Waals surface area contributed by atoms with Crippen molar-refractivity contribution in [2.24, 2.45) is 0 Å². The summed E-state index contributed by atoms with van der Waals surface area (Å²) >= 11 is 0. The molecule has 0 aliphatic carbocycles. The molecule has 3 N–H and O–H groups in total. The quantitative estimate of drug-likeness (QED) is 0.433. The molecule has 0 bridgehead atoms. The van der Waals surface area contributed by atoms with Gasteiger partial charge in [-0.05, 0) is 50.5 Å². The van der Waals surface area contributed by atoms with Crippen molar-refractivity contribution in [1.29, 1.82) is 0 Å². The second-order valence-electron chi connectivity index (χ2n) is 4.41. The molecule has 0 aromatic heterocycles. The van der Waals surface area contributed by atoms with Crippen LogP contribution in [0.1, 0.15) is 26.2 Å². The first kappa shape index (κ1) is 19.7. The van der Waals surface area contributed by atoms with Crippen LogP contribution in [0.5, 0.6) is 5.75 Å². The highest BCUT2D eigenvalue weighted by atomic mass is 32.2. The fourth-order valence-electron chi connectivity index (χ4n) is 1.38. The van der Waals surface area contributed by atoms with E-state index in [0.29, 0.717) is 6.26 Å². The standard InChI is InChI=1S/C13H21NO2.CH4O3S/c1-2-15-10-4-3-5-11-16-13-8-6-12(14)7-9-13;1-5(2,3)4/h6-9H,2-5,10-11,14H2,1H3;1H3,(H,2,3,4). The number of ether oxygens (including phenoxy) is 2. The zero-order valence-corrected chi connectivity index (χ0v) is 13.4. The third-order valence-electron chi connectivity index (χ3n) is 2.29. The molecule has 0 spiro atoms. The van der Waals surface area contributed by atoms with Crippen LogP contribution in [0, 0.1) is 0 Å². The lowest BCUT2D eigenvalue weighted by atomic mass is 10.2. The molecule has 21 heavy (non-hydrogen) atoms. The fraction of sp³-hybridized carbons (Fsp3) is 0.571. The highest BCUT2D eigenvalue weighted by Crippen LogP contribution is 2.13. The number of nitrogen functional groups attached to an aromatic ring is 1. The molecule has 7 heteroatoms. The molecule has 0 heterocycles. The van der Waals surface area contributed by atoms with E-state index < -0.39 is 10.1 Å². The van der Waals surface area contributed by atoms with Gasteiger partial charge in [0.05, 0.1) is 12.9 Å². The zero-order valence-electron chi connectivity index (χ0n) is 12.6. The van der Waals surface area contributed by atoms with Crippen LogP contribution in [0.25, 0.3) is 0 Å². The van der Waals surface area contributed by atoms with Crippen LogP contribution in [-0.4, -0.2) is 39.0 Å². The number of nitrogens with two attached hydrogens (primary N) is 1. The van der Waals surface area contributed by atoms with Gasteiger partial charge in [0.15, 0.2) is 0 Å². The van der Waals surface area contributed by atoms with Gasteiger partial charge in [0.2, 0.25) is 0 Å². The largest absolute Gasteiger partial charge is 0.494 e. The van der Waals surface area contributed by atoms with Crippen LogP contribution in [0.15, 0.2) is 24.3 Å². The molecular weight excluding hydrogens is 294 g/mol. The molecule has 0 radical (unpaired) electrons. The molecule has 0 saturated heterocycles. The average Bonchev–Trinajstić information content (AvgIpc) is 2.38. The van der Waals surface area contributed by atoms with E-state index in [1.54, 1.807) is 0 Å². The van der Waals surface area contributed by atoms with Gasteiger partial charge in [-0.15, -0.1) is 0 Å². The molecule has 0 fully saturated rings. The van der Waals surface area contributed by atoms with E-state index in [4.69, 9.17) is 19.8 Å². The lowest BCUT2D eigenvalue weighted by Gasteiger charge is -2.06. The van der Waals surface area contributed by atoms with Crippen LogP contribution < -0.4 is 10.5 Å². The highest BCUT2D eigenvalue weighted by Gasteiger charge is 1.94. The van der Waals surface area contributed by atoms with Crippen molar-refractivity contribution in [3.8, 4) is 5.75 Å². The van der Waals surface area contributed by atoms with Crippen LogP contribution >= 0.6 is 0 Å². The van der Waals surface area contributed by atoms with Crippen LogP contribution in [0.4, 0.5) is 5.69 Å². The summed E-state index contributed by atoms with van der Waals surface area (Å²) < 4.78 is 36.7. The van der Waals surface area contributed by atoms with Crippen LogP contribution in [0.2, 0.25) is 0 Å². The number of hydrogen-bond donors (Lipinski definition) is 2. The molecule has 0 unspecified atom stereocenters. The van der Waals surface area contributed by atoms with E-state index in [9.17, 15) is 8.42 Å². The molecule has 1 aromatic carbocycles. The number of benzene rings is 1. The van der Waals surface area contributed by atoms with Crippen molar-refractivity contribution in [3.05, 3.63) is 24.3 Å². The van der Waals surface area contributed by atoms with Gasteiger partial charge in [-0.2, -0.15) is 8.42 Å². The van der Waals surface area contributed by atoms with Gasteiger partial charge < -0.3 is 15.2 Å². The minimum Gasteiger partial charge on any atom is -0.494 e. The number of rotatable bonds is 8. The predicted molar refractivity (Wildman–Crippen MR) is 84.2 cm³/mol. The number of unbranched alkanes of at least 4 members (excludes halogenated alkanes) is 2. The van der Waals surface area contributed by atoms with Crippen molar-refractivity contribution < 1.29 is 22.4 Å². The first-order valence-corrected chi connectivity index (χ1v) is 8.66. The molecule has 6 nitrogen and oxygen atoms in total. The van der Waals surface area contributed by atoms with Crippen molar-refractivity contribution in [2.45, 2.75) is 26.2 Å². The third kappa shape index (κ3) is 16.6. The normalized spacial score (nSPS) is 10.6. The third-order valence-corrected chi connectivity index (χ3v) is 2.29. The Kier molecular flexibility index (Phi) is 10.7. The topological polar surface area (TPSA) is 98.9 Å². The van der Waals surface area contributed by atoms with Gasteiger partial charge in [0, 0.05) is 18.9 Å². The van der Waals surface area contributed by atoms with E-state index >= 15 is 0 Å². The summed E-state index contributed by atoms with van der Waals surface area (Å²) in [4.78, 5) is 0. The first-order valence-electron chi connectivity index (χ1n) is 6.81. The van der Waals surface area contributed by atoms with Gasteiger partial charge in [0.1, 0.15) is 5.75 Å². The Morgan fingerprint density at radius 2 is 1.62 bits per heavy atom. The maximum Gasteiger partial charge on any atom is 0.261 e. The molecule has 0 amide bonds. The van der Waals surface area contributed by atoms with Crippen LogP contribution in [-0.2, 0) is 14.9 Å². The summed E-state index contributed by atoms with van der Waals surface area (Å²) in [5.41, 5.74) is 6.35. The fourth-order valence-corrected chi connectivity index (χ4v) is 1.38. The summed E-state index contributed by atoms with van der Waals surface area (Å²) in [6, 6.07) is 7.50. The van der Waals surface area contributed by atoms with Gasteiger partial charge in [-0.25, -0.2) is 0 Å². The Morgan fingerprint density at radius 3 is 2.14 bits per heavy atom. The Balaban J connectivity index is 0.000000690. The number of anilines is 1. The molecule has 122 valence electrons. The van der Waals surface area contributed by atoms with Gasteiger partial charge >= 0.3 is 0 Å². The molecule has 1 aromatic rings. The average molecular weight is 319 g/mol. The predicted octanol–water partition coefficient (Wildman–Crippen LogP) is 2.36. The van der Waals surface area contributed by atoms with Gasteiger partial charge in [-0.1, -0.05) is 0 Å². The Bertz CT molecular complexity index is 451. The lowest BCUT2D eigenvalue weighted by molar-refractivity contribution is 0.141. The van der Waals surface area contributed by atoms with Crippen molar-refractivity contribution >= 4 is 15.8 Å². The monoisotopic (exact) mass is 319 g/mol. The molecule has 0 aliphatic heterocycles. The number of hydrogen-bond acceptors (Lipinski definition) is 5.